The smallest absolute Gasteiger partial charge is 0.179 e. The van der Waals surface area contributed by atoms with Crippen LogP contribution in [-0.4, -0.2) is 21.4 Å². The van der Waals surface area contributed by atoms with Gasteiger partial charge in [0, 0.05) is 13.7 Å². The molecule has 0 aliphatic heterocycles. The first kappa shape index (κ1) is 10.2. The van der Waals surface area contributed by atoms with E-state index in [4.69, 9.17) is 4.74 Å². The van der Waals surface area contributed by atoms with Crippen LogP contribution in [0.1, 0.15) is 32.7 Å². The topological polar surface area (TPSA) is 39.9 Å². The Morgan fingerprint density at radius 2 is 2.23 bits per heavy atom. The maximum Gasteiger partial charge on any atom is 0.179 e. The Labute approximate surface area is 78.9 Å². The SMILES string of the molecule is CCOC(c1ncn(C)n1)C(C)C. The Morgan fingerprint density at radius 1 is 1.54 bits per heavy atom. The predicted octanol–water partition coefficient (Wildman–Crippen LogP) is 1.55. The lowest BCUT2D eigenvalue weighted by Gasteiger charge is -2.17. The Bertz CT molecular complexity index is 257. The van der Waals surface area contributed by atoms with E-state index in [2.05, 4.69) is 23.9 Å². The van der Waals surface area contributed by atoms with E-state index in [9.17, 15) is 0 Å². The van der Waals surface area contributed by atoms with Crippen molar-refractivity contribution in [2.45, 2.75) is 26.9 Å². The summed E-state index contributed by atoms with van der Waals surface area (Å²) in [6.07, 6.45) is 1.72. The second-order valence-electron chi connectivity index (χ2n) is 3.40. The summed E-state index contributed by atoms with van der Waals surface area (Å²) >= 11 is 0. The fourth-order valence-corrected chi connectivity index (χ4v) is 1.23. The molecule has 0 amide bonds. The van der Waals surface area contributed by atoms with E-state index in [0.717, 1.165) is 5.82 Å². The fraction of sp³-hybridized carbons (Fsp3) is 0.778. The van der Waals surface area contributed by atoms with Crippen LogP contribution < -0.4 is 0 Å². The van der Waals surface area contributed by atoms with E-state index in [0.29, 0.717) is 12.5 Å². The molecular weight excluding hydrogens is 166 g/mol. The maximum absolute atomic E-state index is 5.56. The summed E-state index contributed by atoms with van der Waals surface area (Å²) in [4.78, 5) is 4.18. The van der Waals surface area contributed by atoms with Gasteiger partial charge in [-0.1, -0.05) is 13.8 Å². The molecule has 4 nitrogen and oxygen atoms in total. The monoisotopic (exact) mass is 183 g/mol. The summed E-state index contributed by atoms with van der Waals surface area (Å²) < 4.78 is 7.26. The number of aromatic nitrogens is 3. The van der Waals surface area contributed by atoms with Crippen LogP contribution in [0.25, 0.3) is 0 Å². The van der Waals surface area contributed by atoms with Crippen molar-refractivity contribution in [2.75, 3.05) is 6.61 Å². The van der Waals surface area contributed by atoms with Gasteiger partial charge >= 0.3 is 0 Å². The standard InChI is InChI=1S/C9H17N3O/c1-5-13-8(7(2)3)9-10-6-12(4)11-9/h6-8H,5H2,1-4H3. The summed E-state index contributed by atoms with van der Waals surface area (Å²) in [5.74, 6) is 1.18. The molecule has 0 saturated carbocycles. The minimum absolute atomic E-state index is 0.0196. The molecule has 74 valence electrons. The highest BCUT2D eigenvalue weighted by atomic mass is 16.5. The van der Waals surface area contributed by atoms with E-state index in [1.165, 1.54) is 0 Å². The first-order chi connectivity index (χ1) is 6.15. The molecular formula is C9H17N3O. The van der Waals surface area contributed by atoms with E-state index in [1.54, 1.807) is 11.0 Å². The molecule has 1 unspecified atom stereocenters. The normalized spacial score (nSPS) is 13.6. The van der Waals surface area contributed by atoms with Gasteiger partial charge in [-0.05, 0) is 12.8 Å². The second kappa shape index (κ2) is 4.37. The summed E-state index contributed by atoms with van der Waals surface area (Å²) in [5.41, 5.74) is 0. The Kier molecular flexibility index (Phi) is 3.42. The Balaban J connectivity index is 2.75. The molecule has 1 aromatic rings. The zero-order chi connectivity index (χ0) is 9.84. The summed E-state index contributed by atoms with van der Waals surface area (Å²) in [5, 5.41) is 4.23. The third-order valence-electron chi connectivity index (χ3n) is 1.82. The summed E-state index contributed by atoms with van der Waals surface area (Å²) in [6.45, 7) is 6.90. The highest BCUT2D eigenvalue weighted by Crippen LogP contribution is 2.21. The van der Waals surface area contributed by atoms with Crippen LogP contribution in [0, 0.1) is 5.92 Å². The lowest BCUT2D eigenvalue weighted by atomic mass is 10.1. The molecule has 0 N–H and O–H groups in total. The molecule has 0 aromatic carbocycles. The van der Waals surface area contributed by atoms with Crippen molar-refractivity contribution in [3.05, 3.63) is 12.2 Å². The minimum atomic E-state index is 0.0196. The van der Waals surface area contributed by atoms with Gasteiger partial charge in [-0.25, -0.2) is 4.98 Å². The van der Waals surface area contributed by atoms with Crippen molar-refractivity contribution in [3.8, 4) is 0 Å². The lowest BCUT2D eigenvalue weighted by molar-refractivity contribution is 0.0232. The quantitative estimate of drug-likeness (QED) is 0.711. The minimum Gasteiger partial charge on any atom is -0.370 e. The van der Waals surface area contributed by atoms with Crippen molar-refractivity contribution in [3.63, 3.8) is 0 Å². The van der Waals surface area contributed by atoms with Crippen LogP contribution in [0.2, 0.25) is 0 Å². The Morgan fingerprint density at radius 3 is 2.62 bits per heavy atom. The average Bonchev–Trinajstić information content (AvgIpc) is 2.46. The van der Waals surface area contributed by atoms with Gasteiger partial charge in [0.05, 0.1) is 0 Å². The molecule has 0 bridgehead atoms. The van der Waals surface area contributed by atoms with Crippen molar-refractivity contribution in [2.24, 2.45) is 13.0 Å². The molecule has 13 heavy (non-hydrogen) atoms. The summed E-state index contributed by atoms with van der Waals surface area (Å²) in [6, 6.07) is 0. The van der Waals surface area contributed by atoms with Gasteiger partial charge < -0.3 is 4.74 Å². The number of nitrogens with zero attached hydrogens (tertiary/aromatic N) is 3. The molecule has 1 rings (SSSR count). The highest BCUT2D eigenvalue weighted by molar-refractivity contribution is 4.89. The molecule has 1 atom stereocenters. The second-order valence-corrected chi connectivity index (χ2v) is 3.40. The molecule has 0 aliphatic rings. The molecule has 4 heteroatoms. The van der Waals surface area contributed by atoms with E-state index >= 15 is 0 Å². The van der Waals surface area contributed by atoms with Crippen molar-refractivity contribution >= 4 is 0 Å². The molecule has 0 fully saturated rings. The van der Waals surface area contributed by atoms with Gasteiger partial charge in [-0.15, -0.1) is 0 Å². The number of aryl methyl sites for hydroxylation is 1. The van der Waals surface area contributed by atoms with Gasteiger partial charge in [-0.2, -0.15) is 5.10 Å². The first-order valence-electron chi connectivity index (χ1n) is 4.62. The summed E-state index contributed by atoms with van der Waals surface area (Å²) in [7, 11) is 1.86. The maximum atomic E-state index is 5.56. The largest absolute Gasteiger partial charge is 0.370 e. The van der Waals surface area contributed by atoms with Crippen LogP contribution in [0.3, 0.4) is 0 Å². The fourth-order valence-electron chi connectivity index (χ4n) is 1.23. The van der Waals surface area contributed by atoms with Crippen molar-refractivity contribution < 1.29 is 4.74 Å². The van der Waals surface area contributed by atoms with Gasteiger partial charge in [0.2, 0.25) is 0 Å². The number of ether oxygens (including phenoxy) is 1. The third kappa shape index (κ3) is 2.52. The lowest BCUT2D eigenvalue weighted by Crippen LogP contribution is -2.13. The molecule has 0 aliphatic carbocycles. The average molecular weight is 183 g/mol. The molecule has 0 saturated heterocycles. The van der Waals surface area contributed by atoms with Gasteiger partial charge in [-0.3, -0.25) is 4.68 Å². The van der Waals surface area contributed by atoms with Crippen LogP contribution in [-0.2, 0) is 11.8 Å². The zero-order valence-corrected chi connectivity index (χ0v) is 8.69. The van der Waals surface area contributed by atoms with Crippen LogP contribution >= 0.6 is 0 Å². The first-order valence-corrected chi connectivity index (χ1v) is 4.62. The third-order valence-corrected chi connectivity index (χ3v) is 1.82. The van der Waals surface area contributed by atoms with E-state index in [-0.39, 0.29) is 6.10 Å². The van der Waals surface area contributed by atoms with Gasteiger partial charge in [0.15, 0.2) is 5.82 Å². The number of hydrogen-bond acceptors (Lipinski definition) is 3. The molecule has 0 spiro atoms. The highest BCUT2D eigenvalue weighted by Gasteiger charge is 2.19. The zero-order valence-electron chi connectivity index (χ0n) is 8.69. The van der Waals surface area contributed by atoms with Crippen LogP contribution in [0.4, 0.5) is 0 Å². The number of hydrogen-bond donors (Lipinski definition) is 0. The van der Waals surface area contributed by atoms with Crippen LogP contribution in [0.5, 0.6) is 0 Å². The molecule has 1 heterocycles. The van der Waals surface area contributed by atoms with Gasteiger partial charge in [0.1, 0.15) is 12.4 Å². The molecule has 1 aromatic heterocycles. The predicted molar refractivity (Wildman–Crippen MR) is 50.2 cm³/mol. The Hall–Kier alpha value is -0.900. The van der Waals surface area contributed by atoms with Crippen molar-refractivity contribution in [1.82, 2.24) is 14.8 Å². The molecule has 0 radical (unpaired) electrons. The van der Waals surface area contributed by atoms with Gasteiger partial charge in [0.25, 0.3) is 0 Å². The van der Waals surface area contributed by atoms with E-state index < -0.39 is 0 Å². The number of rotatable bonds is 4. The van der Waals surface area contributed by atoms with Crippen molar-refractivity contribution in [1.29, 1.82) is 0 Å². The van der Waals surface area contributed by atoms with Crippen LogP contribution in [0.15, 0.2) is 6.33 Å². The van der Waals surface area contributed by atoms with E-state index in [1.807, 2.05) is 14.0 Å².